The van der Waals surface area contributed by atoms with Gasteiger partial charge in [0.2, 0.25) is 5.91 Å². The summed E-state index contributed by atoms with van der Waals surface area (Å²) in [5, 5.41) is 0. The van der Waals surface area contributed by atoms with Crippen LogP contribution in [-0.2, 0) is 11.3 Å². The van der Waals surface area contributed by atoms with E-state index in [0.29, 0.717) is 31.6 Å². The standard InChI is InChI=1S/C17H22F2N2O/c1-12-4-5-13(9-15(12)19)10-21-8-6-16(17(21)22)20-7-2-3-14(18)11-20/h4-5,9,14,16H,2-3,6-8,10-11H2,1H3. The number of hydrogen-bond donors (Lipinski definition) is 0. The quantitative estimate of drug-likeness (QED) is 0.857. The molecule has 5 heteroatoms. The lowest BCUT2D eigenvalue weighted by atomic mass is 10.1. The van der Waals surface area contributed by atoms with Crippen LogP contribution < -0.4 is 0 Å². The van der Waals surface area contributed by atoms with Crippen molar-refractivity contribution < 1.29 is 13.6 Å². The first-order valence-electron chi connectivity index (χ1n) is 7.96. The van der Waals surface area contributed by atoms with Gasteiger partial charge >= 0.3 is 0 Å². The van der Waals surface area contributed by atoms with E-state index in [2.05, 4.69) is 0 Å². The minimum atomic E-state index is -0.818. The van der Waals surface area contributed by atoms with Gasteiger partial charge in [-0.3, -0.25) is 9.69 Å². The summed E-state index contributed by atoms with van der Waals surface area (Å²) in [6.45, 7) is 3.97. The summed E-state index contributed by atoms with van der Waals surface area (Å²) in [7, 11) is 0. The number of aryl methyl sites for hydroxylation is 1. The predicted molar refractivity (Wildman–Crippen MR) is 80.7 cm³/mol. The molecule has 2 atom stereocenters. The zero-order chi connectivity index (χ0) is 15.7. The van der Waals surface area contributed by atoms with Crippen molar-refractivity contribution in [2.75, 3.05) is 19.6 Å². The van der Waals surface area contributed by atoms with Crippen LogP contribution in [0.15, 0.2) is 18.2 Å². The normalized spacial score (nSPS) is 26.7. The van der Waals surface area contributed by atoms with Crippen molar-refractivity contribution in [3.63, 3.8) is 0 Å². The lowest BCUT2D eigenvalue weighted by Gasteiger charge is -2.32. The molecule has 22 heavy (non-hydrogen) atoms. The largest absolute Gasteiger partial charge is 0.337 e. The van der Waals surface area contributed by atoms with Gasteiger partial charge in [0.25, 0.3) is 0 Å². The molecule has 1 aromatic rings. The predicted octanol–water partition coefficient (Wildman–Crippen LogP) is 2.67. The third-order valence-corrected chi connectivity index (χ3v) is 4.71. The van der Waals surface area contributed by atoms with Gasteiger partial charge in [-0.05, 0) is 49.9 Å². The van der Waals surface area contributed by atoms with E-state index < -0.39 is 6.17 Å². The van der Waals surface area contributed by atoms with E-state index in [1.807, 2.05) is 11.0 Å². The molecular weight excluding hydrogens is 286 g/mol. The fourth-order valence-electron chi connectivity index (χ4n) is 3.41. The highest BCUT2D eigenvalue weighted by Crippen LogP contribution is 2.24. The number of likely N-dealkylation sites (tertiary alicyclic amines) is 2. The van der Waals surface area contributed by atoms with E-state index in [0.717, 1.165) is 24.9 Å². The number of benzene rings is 1. The van der Waals surface area contributed by atoms with Gasteiger partial charge in [0.1, 0.15) is 12.0 Å². The van der Waals surface area contributed by atoms with Crippen LogP contribution in [0.4, 0.5) is 8.78 Å². The number of carbonyl (C=O) groups is 1. The number of amides is 1. The molecule has 2 aliphatic heterocycles. The number of nitrogens with zero attached hydrogens (tertiary/aromatic N) is 2. The summed E-state index contributed by atoms with van der Waals surface area (Å²) >= 11 is 0. The molecular formula is C17H22F2N2O. The van der Waals surface area contributed by atoms with E-state index in [4.69, 9.17) is 0 Å². The van der Waals surface area contributed by atoms with E-state index in [1.165, 1.54) is 6.07 Å². The van der Waals surface area contributed by atoms with Crippen LogP contribution in [0.2, 0.25) is 0 Å². The van der Waals surface area contributed by atoms with Crippen LogP contribution in [0, 0.1) is 12.7 Å². The third kappa shape index (κ3) is 3.14. The Bertz CT molecular complexity index is 564. The molecule has 3 nitrogen and oxygen atoms in total. The zero-order valence-electron chi connectivity index (χ0n) is 12.9. The maximum Gasteiger partial charge on any atom is 0.240 e. The summed E-state index contributed by atoms with van der Waals surface area (Å²) in [6, 6.07) is 4.89. The SMILES string of the molecule is Cc1ccc(CN2CCC(N3CCCC(F)C3)C2=O)cc1F. The Morgan fingerprint density at radius 1 is 1.27 bits per heavy atom. The molecule has 0 spiro atoms. The summed E-state index contributed by atoms with van der Waals surface area (Å²) < 4.78 is 27.1. The summed E-state index contributed by atoms with van der Waals surface area (Å²) in [5.74, 6) is -0.188. The molecule has 0 aromatic heterocycles. The number of hydrogen-bond acceptors (Lipinski definition) is 2. The molecule has 2 saturated heterocycles. The lowest BCUT2D eigenvalue weighted by molar-refractivity contribution is -0.133. The van der Waals surface area contributed by atoms with Gasteiger partial charge in [0.15, 0.2) is 0 Å². The van der Waals surface area contributed by atoms with Crippen molar-refractivity contribution in [1.29, 1.82) is 0 Å². The van der Waals surface area contributed by atoms with Gasteiger partial charge in [0, 0.05) is 19.6 Å². The molecule has 0 saturated carbocycles. The highest BCUT2D eigenvalue weighted by atomic mass is 19.1. The highest BCUT2D eigenvalue weighted by molar-refractivity contribution is 5.84. The molecule has 2 aliphatic rings. The van der Waals surface area contributed by atoms with E-state index >= 15 is 0 Å². The number of alkyl halides is 1. The third-order valence-electron chi connectivity index (χ3n) is 4.71. The average molecular weight is 308 g/mol. The molecule has 0 N–H and O–H groups in total. The topological polar surface area (TPSA) is 23.6 Å². The van der Waals surface area contributed by atoms with Gasteiger partial charge in [0.05, 0.1) is 6.04 Å². The van der Waals surface area contributed by atoms with Gasteiger partial charge in [-0.15, -0.1) is 0 Å². The van der Waals surface area contributed by atoms with Crippen molar-refractivity contribution in [1.82, 2.24) is 9.80 Å². The Hall–Kier alpha value is -1.49. The molecule has 2 fully saturated rings. The van der Waals surface area contributed by atoms with Crippen molar-refractivity contribution >= 4 is 5.91 Å². The lowest BCUT2D eigenvalue weighted by Crippen LogP contribution is -2.47. The maximum absolute atomic E-state index is 13.6. The molecule has 0 bridgehead atoms. The Balaban J connectivity index is 1.64. The Kier molecular flexibility index (Phi) is 4.43. The number of carbonyl (C=O) groups excluding carboxylic acids is 1. The van der Waals surface area contributed by atoms with Crippen LogP contribution >= 0.6 is 0 Å². The molecule has 1 amide bonds. The second kappa shape index (κ2) is 6.32. The number of halogens is 2. The minimum Gasteiger partial charge on any atom is -0.337 e. The fraction of sp³-hybridized carbons (Fsp3) is 0.588. The van der Waals surface area contributed by atoms with E-state index in [9.17, 15) is 13.6 Å². The zero-order valence-corrected chi connectivity index (χ0v) is 12.9. The molecule has 120 valence electrons. The van der Waals surface area contributed by atoms with Crippen molar-refractivity contribution in [2.24, 2.45) is 0 Å². The van der Waals surface area contributed by atoms with Crippen molar-refractivity contribution in [2.45, 2.75) is 44.9 Å². The van der Waals surface area contributed by atoms with Crippen LogP contribution in [0.3, 0.4) is 0 Å². The first-order chi connectivity index (χ1) is 10.5. The first-order valence-corrected chi connectivity index (χ1v) is 7.96. The first kappa shape index (κ1) is 15.4. The van der Waals surface area contributed by atoms with Gasteiger partial charge < -0.3 is 4.90 Å². The maximum atomic E-state index is 13.6. The smallest absolute Gasteiger partial charge is 0.240 e. The minimum absolute atomic E-state index is 0.0510. The molecule has 2 unspecified atom stereocenters. The molecule has 3 rings (SSSR count). The van der Waals surface area contributed by atoms with Crippen LogP contribution in [0.1, 0.15) is 30.4 Å². The van der Waals surface area contributed by atoms with Gasteiger partial charge in [-0.25, -0.2) is 8.78 Å². The van der Waals surface area contributed by atoms with Crippen LogP contribution in [0.25, 0.3) is 0 Å². The average Bonchev–Trinajstić information content (AvgIpc) is 2.84. The Labute approximate surface area is 129 Å². The Morgan fingerprint density at radius 2 is 2.09 bits per heavy atom. The molecule has 0 radical (unpaired) electrons. The summed E-state index contributed by atoms with van der Waals surface area (Å²) in [4.78, 5) is 16.3. The van der Waals surface area contributed by atoms with Crippen molar-refractivity contribution in [3.05, 3.63) is 35.1 Å². The van der Waals surface area contributed by atoms with E-state index in [1.54, 1.807) is 17.9 Å². The van der Waals surface area contributed by atoms with Gasteiger partial charge in [-0.1, -0.05) is 12.1 Å². The molecule has 2 heterocycles. The highest BCUT2D eigenvalue weighted by Gasteiger charge is 2.37. The second-order valence-corrected chi connectivity index (χ2v) is 6.38. The Morgan fingerprint density at radius 3 is 2.82 bits per heavy atom. The monoisotopic (exact) mass is 308 g/mol. The second-order valence-electron chi connectivity index (χ2n) is 6.38. The number of rotatable bonds is 3. The van der Waals surface area contributed by atoms with E-state index in [-0.39, 0.29) is 17.8 Å². The fourth-order valence-corrected chi connectivity index (χ4v) is 3.41. The van der Waals surface area contributed by atoms with Gasteiger partial charge in [-0.2, -0.15) is 0 Å². The summed E-state index contributed by atoms with van der Waals surface area (Å²) in [6.07, 6.45) is 1.33. The molecule has 0 aliphatic carbocycles. The molecule has 1 aromatic carbocycles. The van der Waals surface area contributed by atoms with Crippen LogP contribution in [0.5, 0.6) is 0 Å². The van der Waals surface area contributed by atoms with Crippen LogP contribution in [-0.4, -0.2) is 47.6 Å². The number of piperidine rings is 1. The summed E-state index contributed by atoms with van der Waals surface area (Å²) in [5.41, 5.74) is 1.41. The van der Waals surface area contributed by atoms with Crippen molar-refractivity contribution in [3.8, 4) is 0 Å².